The lowest BCUT2D eigenvalue weighted by atomic mass is 10.1. The molecule has 0 aliphatic rings. The topological polar surface area (TPSA) is 87.3 Å². The minimum absolute atomic E-state index is 0.0498. The number of hydrogen-bond donors (Lipinski definition) is 3. The van der Waals surface area contributed by atoms with Crippen LogP contribution < -0.4 is 16.0 Å². The van der Waals surface area contributed by atoms with E-state index in [9.17, 15) is 14.4 Å². The normalized spacial score (nSPS) is 11.0. The molecule has 40 heavy (non-hydrogen) atoms. The Morgan fingerprint density at radius 2 is 1.40 bits per heavy atom. The lowest BCUT2D eigenvalue weighted by Gasteiger charge is -2.12. The minimum Gasteiger partial charge on any atom is -0.325 e. The van der Waals surface area contributed by atoms with Crippen molar-refractivity contribution in [3.63, 3.8) is 0 Å². The maximum Gasteiger partial charge on any atom is 0.272 e. The lowest BCUT2D eigenvalue weighted by molar-refractivity contribution is -0.114. The fourth-order valence-corrected chi connectivity index (χ4v) is 4.91. The molecule has 10 heteroatoms. The van der Waals surface area contributed by atoms with E-state index in [0.29, 0.717) is 37.6 Å². The van der Waals surface area contributed by atoms with Crippen LogP contribution in [0.25, 0.3) is 6.08 Å². The summed E-state index contributed by atoms with van der Waals surface area (Å²) in [6, 6.07) is 27.3. The van der Waals surface area contributed by atoms with Gasteiger partial charge in [0, 0.05) is 36.9 Å². The quantitative estimate of drug-likeness (QED) is 0.133. The number of carbonyl (C=O) groups is 3. The SMILES string of the molecule is O=C(CSc1cccc(NC(=O)/C(=C/c2ccc(Cl)cc2)NC(=O)c2ccccc2)c1)Nc1cc(Cl)cc(Cl)c1. The first kappa shape index (κ1) is 29.2. The van der Waals surface area contributed by atoms with E-state index in [1.165, 1.54) is 11.8 Å². The van der Waals surface area contributed by atoms with Crippen LogP contribution in [0.2, 0.25) is 15.1 Å². The van der Waals surface area contributed by atoms with Gasteiger partial charge in [0.05, 0.1) is 5.75 Å². The molecule has 0 fully saturated rings. The molecular weight excluding hydrogens is 589 g/mol. The van der Waals surface area contributed by atoms with E-state index in [2.05, 4.69) is 16.0 Å². The number of carbonyl (C=O) groups excluding carboxylic acids is 3. The molecule has 202 valence electrons. The standard InChI is InChI=1S/C30H22Cl3N3O3S/c31-21-11-9-19(10-12-21)13-27(36-29(38)20-5-2-1-3-6-20)30(39)35-24-7-4-8-26(17-24)40-18-28(37)34-25-15-22(32)14-23(33)16-25/h1-17H,18H2,(H,34,37)(H,35,39)(H,36,38)/b27-13-. The minimum atomic E-state index is -0.517. The van der Waals surface area contributed by atoms with Gasteiger partial charge in [-0.2, -0.15) is 0 Å². The molecule has 0 aliphatic heterocycles. The highest BCUT2D eigenvalue weighted by Gasteiger charge is 2.15. The van der Waals surface area contributed by atoms with Crippen molar-refractivity contribution in [1.82, 2.24) is 5.32 Å². The second-order valence-electron chi connectivity index (χ2n) is 8.41. The van der Waals surface area contributed by atoms with Crippen LogP contribution in [-0.2, 0) is 9.59 Å². The third kappa shape index (κ3) is 8.89. The van der Waals surface area contributed by atoms with Crippen LogP contribution in [0.3, 0.4) is 0 Å². The van der Waals surface area contributed by atoms with Gasteiger partial charge in [-0.15, -0.1) is 11.8 Å². The molecule has 0 atom stereocenters. The van der Waals surface area contributed by atoms with E-state index in [1.807, 2.05) is 6.07 Å². The average molecular weight is 611 g/mol. The van der Waals surface area contributed by atoms with Crippen LogP contribution in [0.1, 0.15) is 15.9 Å². The maximum atomic E-state index is 13.3. The first-order chi connectivity index (χ1) is 19.2. The first-order valence-electron chi connectivity index (χ1n) is 11.9. The number of hydrogen-bond acceptors (Lipinski definition) is 4. The number of rotatable bonds is 9. The Labute approximate surface area is 250 Å². The summed E-state index contributed by atoms with van der Waals surface area (Å²) >= 11 is 19.3. The van der Waals surface area contributed by atoms with Crippen LogP contribution in [0.5, 0.6) is 0 Å². The van der Waals surface area contributed by atoms with Crippen molar-refractivity contribution in [2.75, 3.05) is 16.4 Å². The molecule has 0 spiro atoms. The smallest absolute Gasteiger partial charge is 0.272 e. The number of anilines is 2. The summed E-state index contributed by atoms with van der Waals surface area (Å²) in [5, 5.41) is 9.67. The summed E-state index contributed by atoms with van der Waals surface area (Å²) < 4.78 is 0. The summed E-state index contributed by atoms with van der Waals surface area (Å²) in [6.45, 7) is 0. The Kier molecular flexibility index (Phi) is 10.3. The Balaban J connectivity index is 1.44. The van der Waals surface area contributed by atoms with Crippen molar-refractivity contribution >= 4 is 81.7 Å². The summed E-state index contributed by atoms with van der Waals surface area (Å²) in [5.74, 6) is -1.06. The van der Waals surface area contributed by atoms with Gasteiger partial charge in [-0.1, -0.05) is 71.2 Å². The van der Waals surface area contributed by atoms with Gasteiger partial charge in [0.2, 0.25) is 5.91 Å². The molecule has 3 N–H and O–H groups in total. The maximum absolute atomic E-state index is 13.3. The summed E-state index contributed by atoms with van der Waals surface area (Å²) in [7, 11) is 0. The molecule has 4 aromatic rings. The molecule has 0 aromatic heterocycles. The summed E-state index contributed by atoms with van der Waals surface area (Å²) in [6.07, 6.45) is 1.57. The summed E-state index contributed by atoms with van der Waals surface area (Å²) in [5.41, 5.74) is 2.14. The van der Waals surface area contributed by atoms with Crippen molar-refractivity contribution in [3.05, 3.63) is 129 Å². The van der Waals surface area contributed by atoms with Gasteiger partial charge in [0.1, 0.15) is 5.70 Å². The van der Waals surface area contributed by atoms with Gasteiger partial charge in [0.15, 0.2) is 0 Å². The zero-order valence-corrected chi connectivity index (χ0v) is 23.9. The van der Waals surface area contributed by atoms with E-state index in [-0.39, 0.29) is 17.4 Å². The van der Waals surface area contributed by atoms with Crippen LogP contribution in [0.15, 0.2) is 108 Å². The number of benzene rings is 4. The van der Waals surface area contributed by atoms with Crippen molar-refractivity contribution in [2.24, 2.45) is 0 Å². The van der Waals surface area contributed by atoms with Crippen LogP contribution in [0, 0.1) is 0 Å². The summed E-state index contributed by atoms with van der Waals surface area (Å²) in [4.78, 5) is 39.3. The molecule has 6 nitrogen and oxygen atoms in total. The first-order valence-corrected chi connectivity index (χ1v) is 14.0. The van der Waals surface area contributed by atoms with Gasteiger partial charge >= 0.3 is 0 Å². The predicted molar refractivity (Wildman–Crippen MR) is 164 cm³/mol. The zero-order chi connectivity index (χ0) is 28.5. The Morgan fingerprint density at radius 3 is 2.10 bits per heavy atom. The van der Waals surface area contributed by atoms with Gasteiger partial charge < -0.3 is 16.0 Å². The molecule has 0 heterocycles. The van der Waals surface area contributed by atoms with Gasteiger partial charge in [-0.05, 0) is 72.3 Å². The van der Waals surface area contributed by atoms with E-state index in [1.54, 1.807) is 97.1 Å². The Hall–Kier alpha value is -3.75. The van der Waals surface area contributed by atoms with Crippen molar-refractivity contribution in [2.45, 2.75) is 4.90 Å². The van der Waals surface area contributed by atoms with Crippen molar-refractivity contribution < 1.29 is 14.4 Å². The molecule has 0 unspecified atom stereocenters. The number of thioether (sulfide) groups is 1. The highest BCUT2D eigenvalue weighted by molar-refractivity contribution is 8.00. The van der Waals surface area contributed by atoms with Gasteiger partial charge in [-0.3, -0.25) is 14.4 Å². The fraction of sp³-hybridized carbons (Fsp3) is 0.0333. The fourth-order valence-electron chi connectivity index (χ4n) is 3.50. The molecule has 0 bridgehead atoms. The predicted octanol–water partition coefficient (Wildman–Crippen LogP) is 7.79. The third-order valence-electron chi connectivity index (χ3n) is 5.32. The largest absolute Gasteiger partial charge is 0.325 e. The second-order valence-corrected chi connectivity index (χ2v) is 10.8. The highest BCUT2D eigenvalue weighted by atomic mass is 35.5. The van der Waals surface area contributed by atoms with E-state index in [4.69, 9.17) is 34.8 Å². The molecule has 4 aromatic carbocycles. The molecule has 0 saturated carbocycles. The molecule has 0 saturated heterocycles. The monoisotopic (exact) mass is 609 g/mol. The molecule has 4 rings (SSSR count). The van der Waals surface area contributed by atoms with Crippen molar-refractivity contribution in [3.8, 4) is 0 Å². The zero-order valence-electron chi connectivity index (χ0n) is 20.8. The Morgan fingerprint density at radius 1 is 0.700 bits per heavy atom. The Bertz CT molecular complexity index is 1540. The van der Waals surface area contributed by atoms with Gasteiger partial charge in [-0.25, -0.2) is 0 Å². The second kappa shape index (κ2) is 14.1. The van der Waals surface area contributed by atoms with E-state index >= 15 is 0 Å². The number of amides is 3. The van der Waals surface area contributed by atoms with Crippen LogP contribution >= 0.6 is 46.6 Å². The van der Waals surface area contributed by atoms with Crippen LogP contribution in [-0.4, -0.2) is 23.5 Å². The molecule has 0 aliphatic carbocycles. The van der Waals surface area contributed by atoms with E-state index < -0.39 is 11.8 Å². The highest BCUT2D eigenvalue weighted by Crippen LogP contribution is 2.25. The molecule has 3 amide bonds. The van der Waals surface area contributed by atoms with Crippen molar-refractivity contribution in [1.29, 1.82) is 0 Å². The third-order valence-corrected chi connectivity index (χ3v) is 7.00. The lowest BCUT2D eigenvalue weighted by Crippen LogP contribution is -2.30. The number of halogens is 3. The van der Waals surface area contributed by atoms with Gasteiger partial charge in [0.25, 0.3) is 11.8 Å². The van der Waals surface area contributed by atoms with Crippen LogP contribution in [0.4, 0.5) is 11.4 Å². The van der Waals surface area contributed by atoms with E-state index in [0.717, 1.165) is 4.90 Å². The molecule has 0 radical (unpaired) electrons. The molecular formula is C30H22Cl3N3O3S. The number of nitrogens with one attached hydrogen (secondary N) is 3. The average Bonchev–Trinajstić information content (AvgIpc) is 2.93.